The van der Waals surface area contributed by atoms with Crippen LogP contribution in [0.2, 0.25) is 0 Å². The van der Waals surface area contributed by atoms with Crippen molar-refractivity contribution in [3.05, 3.63) is 83.4 Å². The van der Waals surface area contributed by atoms with Gasteiger partial charge in [0, 0.05) is 11.6 Å². The maximum atomic E-state index is 14.7. The van der Waals surface area contributed by atoms with Gasteiger partial charge in [-0.1, -0.05) is 23.4 Å². The van der Waals surface area contributed by atoms with Crippen LogP contribution in [0.4, 0.5) is 22.0 Å². The highest BCUT2D eigenvalue weighted by Gasteiger charge is 2.48. The standard InChI is InChI=1S/C37H39F5N5O7P/c1-34(2,3)53-55(50,54-35(4,5)6)51-16-8-15-36(33(48)49,47-20-29-28(19-43-47)44-32(45-29)24-9-7-10-26(38)31(24)39)30-18-27(46-52-30)23-14-13-22(21-11-12-21)17-25(23)37(40,41)42/h7,9-10,13-14,17-21H,8,11-12,15-16H2,1-6H3,(H,48,49). The van der Waals surface area contributed by atoms with E-state index in [0.29, 0.717) is 5.56 Å². The van der Waals surface area contributed by atoms with Crippen LogP contribution < -0.4 is 0 Å². The molecule has 0 bridgehead atoms. The summed E-state index contributed by atoms with van der Waals surface area (Å²) in [6.45, 7) is 9.51. The molecule has 3 aromatic rings. The van der Waals surface area contributed by atoms with Gasteiger partial charge < -0.3 is 9.63 Å². The van der Waals surface area contributed by atoms with Crippen LogP contribution in [0.5, 0.6) is 0 Å². The van der Waals surface area contributed by atoms with Crippen molar-refractivity contribution in [1.29, 1.82) is 0 Å². The molecule has 1 fully saturated rings. The number of aromatic nitrogens is 5. The third kappa shape index (κ3) is 8.80. The number of phosphoric ester groups is 1. The lowest BCUT2D eigenvalue weighted by molar-refractivity contribution is -0.147. The minimum absolute atomic E-state index is 0.0203. The van der Waals surface area contributed by atoms with Crippen LogP contribution in [-0.4, -0.2) is 53.8 Å². The Morgan fingerprint density at radius 1 is 0.945 bits per heavy atom. The van der Waals surface area contributed by atoms with Gasteiger partial charge in [0.1, 0.15) is 17.1 Å². The van der Waals surface area contributed by atoms with E-state index in [1.165, 1.54) is 24.4 Å². The minimum atomic E-state index is -4.77. The summed E-state index contributed by atoms with van der Waals surface area (Å²) in [7, 11) is -4.23. The summed E-state index contributed by atoms with van der Waals surface area (Å²) in [6, 6.07) is 8.48. The molecule has 1 aromatic heterocycles. The van der Waals surface area contributed by atoms with Crippen molar-refractivity contribution in [2.45, 2.75) is 96.1 Å². The number of hydrogen-bond donors (Lipinski definition) is 1. The lowest BCUT2D eigenvalue weighted by Crippen LogP contribution is -2.44. The van der Waals surface area contributed by atoms with Gasteiger partial charge in [0.05, 0.1) is 41.3 Å². The van der Waals surface area contributed by atoms with E-state index in [4.69, 9.17) is 18.1 Å². The van der Waals surface area contributed by atoms with Crippen molar-refractivity contribution in [2.24, 2.45) is 0 Å². The van der Waals surface area contributed by atoms with Gasteiger partial charge in [0.15, 0.2) is 23.2 Å². The van der Waals surface area contributed by atoms with E-state index >= 15 is 0 Å². The molecule has 55 heavy (non-hydrogen) atoms. The van der Waals surface area contributed by atoms with Crippen molar-refractivity contribution in [1.82, 2.24) is 24.9 Å². The number of carboxylic acids is 1. The predicted molar refractivity (Wildman–Crippen MR) is 188 cm³/mol. The average molecular weight is 792 g/mol. The number of carbonyl (C=O) groups is 1. The van der Waals surface area contributed by atoms with E-state index in [-0.39, 0.29) is 53.0 Å². The van der Waals surface area contributed by atoms with E-state index < -0.39 is 66.1 Å². The van der Waals surface area contributed by atoms with Crippen LogP contribution in [0.15, 0.2) is 59.4 Å². The minimum Gasteiger partial charge on any atom is -0.479 e. The number of halogens is 5. The van der Waals surface area contributed by atoms with Gasteiger partial charge >= 0.3 is 20.0 Å². The van der Waals surface area contributed by atoms with Gasteiger partial charge in [0.2, 0.25) is 5.54 Å². The molecule has 1 saturated carbocycles. The molecule has 6 rings (SSSR count). The zero-order valence-corrected chi connectivity index (χ0v) is 31.7. The zero-order valence-electron chi connectivity index (χ0n) is 30.8. The summed E-state index contributed by atoms with van der Waals surface area (Å²) >= 11 is 0. The fourth-order valence-corrected chi connectivity index (χ4v) is 7.86. The molecule has 2 aromatic carbocycles. The maximum absolute atomic E-state index is 14.7. The zero-order chi connectivity index (χ0) is 40.1. The van der Waals surface area contributed by atoms with Crippen molar-refractivity contribution in [2.75, 3.05) is 6.61 Å². The van der Waals surface area contributed by atoms with Gasteiger partial charge in [-0.25, -0.2) is 32.8 Å². The second kappa shape index (κ2) is 14.5. The second-order valence-electron chi connectivity index (χ2n) is 15.2. The first-order valence-corrected chi connectivity index (χ1v) is 18.8. The smallest absolute Gasteiger partial charge is 0.475 e. The predicted octanol–water partition coefficient (Wildman–Crippen LogP) is 9.64. The van der Waals surface area contributed by atoms with Crippen molar-refractivity contribution >= 4 is 13.8 Å². The third-order valence-corrected chi connectivity index (χ3v) is 10.5. The SMILES string of the molecule is CC(C)(C)OP(=O)(OCCCC(C(=O)O)(c1cc(-c2ccc(C3CC3)cc2C(F)(F)F)no1)n1cc2nc(-c3cccc(F)c3F)nc-2cn1)OC(C)(C)C. The first-order chi connectivity index (χ1) is 25.6. The highest BCUT2D eigenvalue weighted by molar-refractivity contribution is 7.48. The number of fused-ring (bicyclic) bond motifs is 1. The molecule has 0 saturated heterocycles. The van der Waals surface area contributed by atoms with Crippen LogP contribution in [0, 0.1) is 11.6 Å². The summed E-state index contributed by atoms with van der Waals surface area (Å²) < 4.78 is 109. The maximum Gasteiger partial charge on any atom is 0.475 e. The molecular weight excluding hydrogens is 752 g/mol. The van der Waals surface area contributed by atoms with Crippen molar-refractivity contribution in [3.63, 3.8) is 0 Å². The van der Waals surface area contributed by atoms with E-state index in [1.807, 2.05) is 0 Å². The number of imidazole rings is 1. The Kier molecular flexibility index (Phi) is 10.6. The van der Waals surface area contributed by atoms with E-state index in [2.05, 4.69) is 20.2 Å². The summed E-state index contributed by atoms with van der Waals surface area (Å²) in [5.41, 5.74) is -5.44. The largest absolute Gasteiger partial charge is 0.479 e. The lowest BCUT2D eigenvalue weighted by atomic mass is 9.89. The average Bonchev–Trinajstić information content (AvgIpc) is 3.64. The monoisotopic (exact) mass is 791 g/mol. The molecule has 12 nitrogen and oxygen atoms in total. The van der Waals surface area contributed by atoms with Crippen LogP contribution >= 0.6 is 7.82 Å². The quantitative estimate of drug-likeness (QED) is 0.0689. The fraction of sp³-hybridized carbons (Fsp3) is 0.432. The first-order valence-electron chi connectivity index (χ1n) is 17.3. The van der Waals surface area contributed by atoms with Crippen LogP contribution in [0.1, 0.15) is 90.0 Å². The summed E-state index contributed by atoms with van der Waals surface area (Å²) in [6.07, 6.45) is -1.48. The van der Waals surface area contributed by atoms with Crippen molar-refractivity contribution < 1.29 is 54.5 Å². The number of phosphoric acid groups is 1. The molecule has 3 heterocycles. The Balaban J connectivity index is 1.42. The molecule has 2 aliphatic heterocycles. The molecule has 1 N–H and O–H groups in total. The third-order valence-electron chi connectivity index (χ3n) is 8.50. The molecule has 3 aliphatic rings. The van der Waals surface area contributed by atoms with Gasteiger partial charge in [-0.2, -0.15) is 18.3 Å². The lowest BCUT2D eigenvalue weighted by Gasteiger charge is -2.31. The number of aliphatic carboxylic acids is 1. The van der Waals surface area contributed by atoms with Gasteiger partial charge in [-0.15, -0.1) is 0 Å². The Labute approximate surface area is 313 Å². The van der Waals surface area contributed by atoms with Crippen LogP contribution in [0.3, 0.4) is 0 Å². The molecule has 1 atom stereocenters. The fourth-order valence-electron chi connectivity index (χ4n) is 6.02. The van der Waals surface area contributed by atoms with Crippen LogP contribution in [-0.2, 0) is 34.6 Å². The molecule has 0 spiro atoms. The van der Waals surface area contributed by atoms with Crippen molar-refractivity contribution in [3.8, 4) is 34.0 Å². The highest BCUT2D eigenvalue weighted by Crippen LogP contribution is 2.55. The highest BCUT2D eigenvalue weighted by atomic mass is 31.2. The summed E-state index contributed by atoms with van der Waals surface area (Å²) in [5.74, 6) is -4.48. The summed E-state index contributed by atoms with van der Waals surface area (Å²) in [5, 5.41) is 19.2. The molecule has 0 amide bonds. The number of rotatable bonds is 13. The molecule has 1 aliphatic carbocycles. The molecule has 18 heteroatoms. The topological polar surface area (TPSA) is 152 Å². The van der Waals surface area contributed by atoms with Gasteiger partial charge in [-0.3, -0.25) is 13.6 Å². The Bertz CT molecular complexity index is 2200. The number of carboxylic acid groups (broad SMARTS) is 1. The van der Waals surface area contributed by atoms with E-state index in [1.54, 1.807) is 47.6 Å². The Morgan fingerprint density at radius 2 is 1.62 bits per heavy atom. The van der Waals surface area contributed by atoms with Gasteiger partial charge in [-0.05, 0) is 96.9 Å². The molecule has 294 valence electrons. The van der Waals surface area contributed by atoms with E-state index in [9.17, 15) is 36.4 Å². The number of hydrogen-bond acceptors (Lipinski definition) is 10. The molecule has 1 unspecified atom stereocenters. The van der Waals surface area contributed by atoms with Gasteiger partial charge in [0.25, 0.3) is 0 Å². The summed E-state index contributed by atoms with van der Waals surface area (Å²) in [4.78, 5) is 22.0. The normalized spacial score (nSPS) is 15.4. The Hall–Kier alpha value is -4.57. The molecular formula is C37H39F5N5O7P. The number of alkyl halides is 3. The van der Waals surface area contributed by atoms with Crippen LogP contribution in [0.25, 0.3) is 34.0 Å². The number of nitrogens with zero attached hydrogens (tertiary/aromatic N) is 5. The number of benzene rings is 2. The first kappa shape index (κ1) is 40.1. The second-order valence-corrected chi connectivity index (χ2v) is 16.8. The Morgan fingerprint density at radius 3 is 2.24 bits per heavy atom. The van der Waals surface area contributed by atoms with E-state index in [0.717, 1.165) is 41.9 Å². The molecule has 0 radical (unpaired) electrons.